The van der Waals surface area contributed by atoms with E-state index in [0.29, 0.717) is 10.0 Å². The number of nitrogens with zero attached hydrogens (tertiary/aromatic N) is 2. The number of hydrogen-bond acceptors (Lipinski definition) is 9. The molecule has 0 bridgehead atoms. The summed E-state index contributed by atoms with van der Waals surface area (Å²) >= 11 is 8.15. The van der Waals surface area contributed by atoms with Gasteiger partial charge in [0, 0.05) is 34.5 Å². The van der Waals surface area contributed by atoms with Crippen molar-refractivity contribution in [2.75, 3.05) is 34.5 Å². The Morgan fingerprint density at radius 1 is 0.810 bits per heavy atom. The van der Waals surface area contributed by atoms with E-state index in [1.807, 2.05) is 0 Å². The lowest BCUT2D eigenvalue weighted by Crippen LogP contribution is -2.24. The molecule has 1 aromatic heterocycles. The molecule has 1 aromatic rings. The second-order valence-corrected chi connectivity index (χ2v) is 10.4. The first-order chi connectivity index (χ1) is 10.3. The van der Waals surface area contributed by atoms with Gasteiger partial charge in [0.1, 0.15) is 0 Å². The van der Waals surface area contributed by atoms with Crippen LogP contribution in [0.25, 0.3) is 0 Å². The topological polar surface area (TPSA) is 59.9 Å². The maximum Gasteiger partial charge on any atom is 0.207 e. The number of rotatable bonds is 4. The zero-order valence-electron chi connectivity index (χ0n) is 11.1. The average molecular weight is 379 g/mol. The summed E-state index contributed by atoms with van der Waals surface area (Å²) in [5.41, 5.74) is 0. The van der Waals surface area contributed by atoms with E-state index >= 15 is 0 Å². The highest BCUT2D eigenvalue weighted by Crippen LogP contribution is 2.30. The number of carbonyl (C=O) groups excluding carboxylic acids is 2. The smallest absolute Gasteiger partial charge is 0.207 e. The fourth-order valence-electron chi connectivity index (χ4n) is 1.98. The molecule has 0 N–H and O–H groups in total. The Morgan fingerprint density at radius 3 is 1.67 bits per heavy atom. The normalized spacial score (nSPS) is 26.5. The number of ketones is 2. The lowest BCUT2D eigenvalue weighted by Gasteiger charge is -2.18. The van der Waals surface area contributed by atoms with Crippen LogP contribution in [0.4, 0.5) is 0 Å². The lowest BCUT2D eigenvalue weighted by atomic mass is 10.3. The van der Waals surface area contributed by atoms with E-state index in [9.17, 15) is 9.59 Å². The molecule has 0 aliphatic carbocycles. The molecule has 114 valence electrons. The molecule has 0 spiro atoms. The molecule has 0 saturated carbocycles. The van der Waals surface area contributed by atoms with Gasteiger partial charge in [-0.25, -0.2) is 0 Å². The Bertz CT molecular complexity index is 479. The first kappa shape index (κ1) is 16.2. The van der Waals surface area contributed by atoms with E-state index < -0.39 is 0 Å². The third kappa shape index (κ3) is 3.99. The summed E-state index contributed by atoms with van der Waals surface area (Å²) in [7, 11) is 0. The predicted octanol–water partition coefficient (Wildman–Crippen LogP) is 2.60. The molecule has 2 fully saturated rings. The highest BCUT2D eigenvalue weighted by Gasteiger charge is 2.30. The van der Waals surface area contributed by atoms with Crippen molar-refractivity contribution in [1.29, 1.82) is 0 Å². The Morgan fingerprint density at radius 2 is 1.29 bits per heavy atom. The van der Waals surface area contributed by atoms with Gasteiger partial charge in [0.15, 0.2) is 10.0 Å². The van der Waals surface area contributed by atoms with Gasteiger partial charge in [-0.05, 0) is 0 Å². The SMILES string of the molecule is O=C(c1nnc(C(=O)C2CSCCS2)s1)C1CSCCS1. The zero-order valence-corrected chi connectivity index (χ0v) is 15.2. The molecular formula is C12H14N2O2S5. The third-order valence-corrected chi connectivity index (χ3v) is 9.52. The minimum Gasteiger partial charge on any atom is -0.290 e. The molecule has 2 aliphatic heterocycles. The van der Waals surface area contributed by atoms with E-state index in [0.717, 1.165) is 34.5 Å². The second kappa shape index (κ2) is 7.72. The number of aromatic nitrogens is 2. The summed E-state index contributed by atoms with van der Waals surface area (Å²) in [5.74, 6) is 5.95. The molecule has 3 heterocycles. The van der Waals surface area contributed by atoms with Crippen LogP contribution in [0.15, 0.2) is 0 Å². The lowest BCUT2D eigenvalue weighted by molar-refractivity contribution is 0.0984. The van der Waals surface area contributed by atoms with E-state index in [-0.39, 0.29) is 22.1 Å². The summed E-state index contributed by atoms with van der Waals surface area (Å²) in [6.07, 6.45) is 0. The Hall–Kier alpha value is 0.300. The van der Waals surface area contributed by atoms with Gasteiger partial charge in [0.05, 0.1) is 10.5 Å². The second-order valence-electron chi connectivity index (χ2n) is 4.51. The minimum atomic E-state index is -0.0285. The zero-order chi connectivity index (χ0) is 14.7. The molecule has 0 amide bonds. The van der Waals surface area contributed by atoms with E-state index in [1.165, 1.54) is 11.3 Å². The molecule has 2 unspecified atom stereocenters. The Kier molecular flexibility index (Phi) is 5.94. The van der Waals surface area contributed by atoms with Crippen molar-refractivity contribution in [2.24, 2.45) is 0 Å². The van der Waals surface area contributed by atoms with E-state index in [2.05, 4.69) is 10.2 Å². The van der Waals surface area contributed by atoms with Crippen LogP contribution in [0, 0.1) is 0 Å². The average Bonchev–Trinajstić information content (AvgIpc) is 3.05. The van der Waals surface area contributed by atoms with Crippen LogP contribution in [-0.2, 0) is 0 Å². The Labute approximate surface area is 144 Å². The van der Waals surface area contributed by atoms with Crippen molar-refractivity contribution in [2.45, 2.75) is 10.5 Å². The molecule has 9 heteroatoms. The summed E-state index contributed by atoms with van der Waals surface area (Å²) in [6, 6.07) is 0. The van der Waals surface area contributed by atoms with Crippen LogP contribution in [-0.4, -0.2) is 66.8 Å². The van der Waals surface area contributed by atoms with Gasteiger partial charge in [-0.15, -0.1) is 33.7 Å². The van der Waals surface area contributed by atoms with Gasteiger partial charge in [-0.1, -0.05) is 11.3 Å². The van der Waals surface area contributed by atoms with Gasteiger partial charge in [0.2, 0.25) is 11.6 Å². The van der Waals surface area contributed by atoms with Crippen molar-refractivity contribution >= 4 is 70.0 Å². The fraction of sp³-hybridized carbons (Fsp3) is 0.667. The summed E-state index contributed by atoms with van der Waals surface area (Å²) in [4.78, 5) is 24.7. The Balaban J connectivity index is 1.67. The van der Waals surface area contributed by atoms with Crippen LogP contribution in [0.1, 0.15) is 19.6 Å². The summed E-state index contributed by atoms with van der Waals surface area (Å²) < 4.78 is 0. The standard InChI is InChI=1S/C12H14N2O2S5/c15-9(7-5-17-1-3-19-7)11-13-14-12(21-11)10(16)8-6-18-2-4-20-8/h7-8H,1-6H2. The van der Waals surface area contributed by atoms with Crippen LogP contribution < -0.4 is 0 Å². The minimum absolute atomic E-state index is 0.0285. The van der Waals surface area contributed by atoms with Crippen LogP contribution in [0.2, 0.25) is 0 Å². The fourth-order valence-corrected chi connectivity index (χ4v) is 8.18. The molecule has 0 radical (unpaired) electrons. The van der Waals surface area contributed by atoms with Crippen molar-refractivity contribution in [1.82, 2.24) is 10.2 Å². The van der Waals surface area contributed by atoms with Crippen molar-refractivity contribution < 1.29 is 9.59 Å². The van der Waals surface area contributed by atoms with E-state index in [4.69, 9.17) is 0 Å². The molecule has 3 rings (SSSR count). The van der Waals surface area contributed by atoms with Gasteiger partial charge >= 0.3 is 0 Å². The molecule has 2 aliphatic rings. The number of carbonyl (C=O) groups is 2. The molecular weight excluding hydrogens is 364 g/mol. The van der Waals surface area contributed by atoms with Crippen LogP contribution >= 0.6 is 58.4 Å². The van der Waals surface area contributed by atoms with Crippen molar-refractivity contribution in [3.8, 4) is 0 Å². The van der Waals surface area contributed by atoms with Crippen LogP contribution in [0.5, 0.6) is 0 Å². The first-order valence-corrected chi connectivity index (χ1v) is 11.8. The first-order valence-electron chi connectivity index (χ1n) is 6.56. The third-order valence-electron chi connectivity index (χ3n) is 3.06. The quantitative estimate of drug-likeness (QED) is 0.741. The van der Waals surface area contributed by atoms with Gasteiger partial charge in [-0.2, -0.15) is 23.5 Å². The molecule has 2 saturated heterocycles. The molecule has 21 heavy (non-hydrogen) atoms. The number of hydrogen-bond donors (Lipinski definition) is 0. The molecule has 0 aromatic carbocycles. The maximum absolute atomic E-state index is 12.4. The predicted molar refractivity (Wildman–Crippen MR) is 95.7 cm³/mol. The highest BCUT2D eigenvalue weighted by molar-refractivity contribution is 8.07. The van der Waals surface area contributed by atoms with Gasteiger partial charge in [-0.3, -0.25) is 9.59 Å². The van der Waals surface area contributed by atoms with Gasteiger partial charge in [0.25, 0.3) is 0 Å². The van der Waals surface area contributed by atoms with Crippen molar-refractivity contribution in [3.05, 3.63) is 10.0 Å². The summed E-state index contributed by atoms with van der Waals surface area (Å²) in [6.45, 7) is 0. The largest absolute Gasteiger partial charge is 0.290 e. The van der Waals surface area contributed by atoms with Gasteiger partial charge < -0.3 is 0 Å². The van der Waals surface area contributed by atoms with Crippen LogP contribution in [0.3, 0.4) is 0 Å². The van der Waals surface area contributed by atoms with Crippen molar-refractivity contribution in [3.63, 3.8) is 0 Å². The monoisotopic (exact) mass is 378 g/mol. The molecule has 4 nitrogen and oxygen atoms in total. The number of thioether (sulfide) groups is 4. The maximum atomic E-state index is 12.4. The van der Waals surface area contributed by atoms with E-state index in [1.54, 1.807) is 47.0 Å². The summed E-state index contributed by atoms with van der Waals surface area (Å²) in [5, 5.41) is 8.67. The highest BCUT2D eigenvalue weighted by atomic mass is 32.2. The number of Topliss-reactive ketones (excluding diaryl/α,β-unsaturated/α-hetero) is 2. The molecule has 2 atom stereocenters.